The number of nitriles is 1. The maximum atomic E-state index is 8.74. The molecule has 0 aromatic heterocycles. The van der Waals surface area contributed by atoms with Gasteiger partial charge in [-0.05, 0) is 42.0 Å². The molecule has 2 rings (SSSR count). The summed E-state index contributed by atoms with van der Waals surface area (Å²) in [6, 6.07) is 16.0. The molecule has 2 aromatic carbocycles. The predicted molar refractivity (Wildman–Crippen MR) is 78.4 cm³/mol. The molecule has 18 heavy (non-hydrogen) atoms. The van der Waals surface area contributed by atoms with Gasteiger partial charge in [0.25, 0.3) is 0 Å². The van der Waals surface area contributed by atoms with Crippen LogP contribution in [0.5, 0.6) is 0 Å². The van der Waals surface area contributed by atoms with Crippen LogP contribution in [0.25, 0.3) is 0 Å². The number of halogens is 1. The molecule has 90 valence electrons. The molecule has 0 radical (unpaired) electrons. The van der Waals surface area contributed by atoms with Crippen LogP contribution in [0.1, 0.15) is 5.56 Å². The van der Waals surface area contributed by atoms with Gasteiger partial charge in [-0.3, -0.25) is 0 Å². The van der Waals surface area contributed by atoms with Crippen LogP contribution in [0, 0.1) is 11.3 Å². The SMILES string of the molecule is N#CCc1cc(Sc2cccc(Br)c2)ccc1N. The number of hydrogen-bond donors (Lipinski definition) is 1. The summed E-state index contributed by atoms with van der Waals surface area (Å²) in [5.41, 5.74) is 7.39. The number of hydrogen-bond acceptors (Lipinski definition) is 3. The van der Waals surface area contributed by atoms with Crippen molar-refractivity contribution in [1.29, 1.82) is 5.26 Å². The van der Waals surface area contributed by atoms with Gasteiger partial charge in [0.1, 0.15) is 0 Å². The highest BCUT2D eigenvalue weighted by Gasteiger charge is 2.03. The Bertz CT molecular complexity index is 605. The van der Waals surface area contributed by atoms with Crippen LogP contribution >= 0.6 is 27.7 Å². The zero-order chi connectivity index (χ0) is 13.0. The van der Waals surface area contributed by atoms with Gasteiger partial charge >= 0.3 is 0 Å². The third kappa shape index (κ3) is 3.28. The first-order valence-corrected chi connectivity index (χ1v) is 6.99. The van der Waals surface area contributed by atoms with Gasteiger partial charge in [0.15, 0.2) is 0 Å². The predicted octanol–water partition coefficient (Wildman–Crippen LogP) is 4.25. The molecule has 0 aliphatic carbocycles. The first-order valence-electron chi connectivity index (χ1n) is 5.38. The van der Waals surface area contributed by atoms with Gasteiger partial charge in [-0.1, -0.05) is 33.8 Å². The van der Waals surface area contributed by atoms with E-state index in [4.69, 9.17) is 11.0 Å². The second-order valence-electron chi connectivity index (χ2n) is 3.75. The molecule has 0 heterocycles. The molecule has 0 atom stereocenters. The molecule has 0 bridgehead atoms. The Labute approximate surface area is 119 Å². The smallest absolute Gasteiger partial charge is 0.0670 e. The molecule has 2 N–H and O–H groups in total. The van der Waals surface area contributed by atoms with E-state index >= 15 is 0 Å². The summed E-state index contributed by atoms with van der Waals surface area (Å²) in [5, 5.41) is 8.74. The number of benzene rings is 2. The summed E-state index contributed by atoms with van der Waals surface area (Å²) in [7, 11) is 0. The first-order chi connectivity index (χ1) is 8.69. The van der Waals surface area contributed by atoms with Crippen molar-refractivity contribution in [2.24, 2.45) is 0 Å². The van der Waals surface area contributed by atoms with Crippen LogP contribution < -0.4 is 5.73 Å². The average Bonchev–Trinajstić information content (AvgIpc) is 2.34. The summed E-state index contributed by atoms with van der Waals surface area (Å²) in [6.45, 7) is 0. The van der Waals surface area contributed by atoms with Gasteiger partial charge in [-0.25, -0.2) is 0 Å². The Morgan fingerprint density at radius 2 is 1.94 bits per heavy atom. The molecule has 0 spiro atoms. The number of anilines is 1. The fraction of sp³-hybridized carbons (Fsp3) is 0.0714. The Balaban J connectivity index is 2.24. The summed E-state index contributed by atoms with van der Waals surface area (Å²) >= 11 is 5.11. The second-order valence-corrected chi connectivity index (χ2v) is 5.82. The zero-order valence-corrected chi connectivity index (χ0v) is 12.0. The molecule has 0 fully saturated rings. The maximum absolute atomic E-state index is 8.74. The minimum absolute atomic E-state index is 0.346. The zero-order valence-electron chi connectivity index (χ0n) is 9.56. The first kappa shape index (κ1) is 13.0. The quantitative estimate of drug-likeness (QED) is 0.861. The minimum atomic E-state index is 0.346. The molecule has 0 amide bonds. The molecule has 0 saturated carbocycles. The molecule has 0 saturated heterocycles. The van der Waals surface area contributed by atoms with E-state index in [-0.39, 0.29) is 0 Å². The van der Waals surface area contributed by atoms with Gasteiger partial charge < -0.3 is 5.73 Å². The highest BCUT2D eigenvalue weighted by atomic mass is 79.9. The van der Waals surface area contributed by atoms with Gasteiger partial charge in [-0.15, -0.1) is 0 Å². The van der Waals surface area contributed by atoms with Crippen molar-refractivity contribution < 1.29 is 0 Å². The topological polar surface area (TPSA) is 49.8 Å². The van der Waals surface area contributed by atoms with E-state index in [1.807, 2.05) is 30.3 Å². The van der Waals surface area contributed by atoms with Crippen LogP contribution in [-0.4, -0.2) is 0 Å². The average molecular weight is 319 g/mol. The molecular weight excluding hydrogens is 308 g/mol. The fourth-order valence-corrected chi connectivity index (χ4v) is 3.04. The number of nitrogen functional groups attached to an aromatic ring is 1. The van der Waals surface area contributed by atoms with E-state index in [2.05, 4.69) is 34.1 Å². The van der Waals surface area contributed by atoms with Gasteiger partial charge in [0.2, 0.25) is 0 Å². The Kier molecular flexibility index (Phi) is 4.29. The lowest BCUT2D eigenvalue weighted by Gasteiger charge is -2.06. The third-order valence-electron chi connectivity index (χ3n) is 2.42. The standard InChI is InChI=1S/C14H11BrN2S/c15-11-2-1-3-12(9-11)18-13-4-5-14(17)10(8-13)6-7-16/h1-5,8-9H,6,17H2. The molecule has 0 unspecified atom stereocenters. The van der Waals surface area contributed by atoms with E-state index in [9.17, 15) is 0 Å². The highest BCUT2D eigenvalue weighted by molar-refractivity contribution is 9.10. The Morgan fingerprint density at radius 1 is 1.17 bits per heavy atom. The third-order valence-corrected chi connectivity index (χ3v) is 3.89. The Hall–Kier alpha value is -1.44. The van der Waals surface area contributed by atoms with Gasteiger partial charge in [0, 0.05) is 20.0 Å². The van der Waals surface area contributed by atoms with Crippen molar-refractivity contribution >= 4 is 33.4 Å². The summed E-state index contributed by atoms with van der Waals surface area (Å²) in [6.07, 6.45) is 0.346. The fourth-order valence-electron chi connectivity index (χ4n) is 1.55. The van der Waals surface area contributed by atoms with E-state index in [1.165, 1.54) is 0 Å². The van der Waals surface area contributed by atoms with E-state index in [0.29, 0.717) is 12.1 Å². The number of nitrogens with two attached hydrogens (primary N) is 1. The normalized spacial score (nSPS) is 10.0. The lowest BCUT2D eigenvalue weighted by atomic mass is 10.1. The van der Waals surface area contributed by atoms with Gasteiger partial charge in [-0.2, -0.15) is 5.26 Å². The molecule has 0 aliphatic rings. The van der Waals surface area contributed by atoms with Crippen LogP contribution in [0.4, 0.5) is 5.69 Å². The lowest BCUT2D eigenvalue weighted by Crippen LogP contribution is -1.93. The van der Waals surface area contributed by atoms with Crippen molar-refractivity contribution in [3.8, 4) is 6.07 Å². The largest absolute Gasteiger partial charge is 0.398 e. The van der Waals surface area contributed by atoms with E-state index in [0.717, 1.165) is 19.8 Å². The van der Waals surface area contributed by atoms with Crippen LogP contribution in [0.3, 0.4) is 0 Å². The Morgan fingerprint density at radius 3 is 2.67 bits per heavy atom. The number of rotatable bonds is 3. The van der Waals surface area contributed by atoms with Crippen molar-refractivity contribution in [1.82, 2.24) is 0 Å². The second kappa shape index (κ2) is 5.94. The van der Waals surface area contributed by atoms with Crippen LogP contribution in [-0.2, 0) is 6.42 Å². The summed E-state index contributed by atoms with van der Waals surface area (Å²) in [5.74, 6) is 0. The van der Waals surface area contributed by atoms with Crippen molar-refractivity contribution in [2.75, 3.05) is 5.73 Å². The summed E-state index contributed by atoms with van der Waals surface area (Å²) < 4.78 is 1.06. The monoisotopic (exact) mass is 318 g/mol. The number of nitrogens with zero attached hydrogens (tertiary/aromatic N) is 1. The molecule has 4 heteroatoms. The van der Waals surface area contributed by atoms with E-state index in [1.54, 1.807) is 11.8 Å². The molecular formula is C14H11BrN2S. The van der Waals surface area contributed by atoms with Crippen molar-refractivity contribution in [2.45, 2.75) is 16.2 Å². The van der Waals surface area contributed by atoms with E-state index < -0.39 is 0 Å². The van der Waals surface area contributed by atoms with Crippen molar-refractivity contribution in [3.63, 3.8) is 0 Å². The molecule has 2 aromatic rings. The molecule has 2 nitrogen and oxygen atoms in total. The summed E-state index contributed by atoms with van der Waals surface area (Å²) in [4.78, 5) is 2.24. The van der Waals surface area contributed by atoms with Crippen LogP contribution in [0.2, 0.25) is 0 Å². The van der Waals surface area contributed by atoms with Crippen LogP contribution in [0.15, 0.2) is 56.7 Å². The van der Waals surface area contributed by atoms with Crippen molar-refractivity contribution in [3.05, 3.63) is 52.5 Å². The highest BCUT2D eigenvalue weighted by Crippen LogP contribution is 2.31. The minimum Gasteiger partial charge on any atom is -0.398 e. The van der Waals surface area contributed by atoms with Gasteiger partial charge in [0.05, 0.1) is 12.5 Å². The lowest BCUT2D eigenvalue weighted by molar-refractivity contribution is 1.23. The maximum Gasteiger partial charge on any atom is 0.0670 e. The molecule has 0 aliphatic heterocycles.